The van der Waals surface area contributed by atoms with Crippen molar-refractivity contribution in [1.82, 2.24) is 0 Å². The molecular formula is C26H27NO4. The fraction of sp³-hybridized carbons (Fsp3) is 0.269. The van der Waals surface area contributed by atoms with Crippen LogP contribution in [-0.2, 0) is 6.61 Å². The molecule has 160 valence electrons. The van der Waals surface area contributed by atoms with E-state index in [1.54, 1.807) is 19.2 Å². The quantitative estimate of drug-likeness (QED) is 0.500. The molecule has 1 aliphatic rings. The first-order valence-electron chi connectivity index (χ1n) is 10.6. The van der Waals surface area contributed by atoms with Gasteiger partial charge in [0.15, 0.2) is 11.5 Å². The minimum absolute atomic E-state index is 0.205. The summed E-state index contributed by atoms with van der Waals surface area (Å²) < 4.78 is 17.3. The van der Waals surface area contributed by atoms with Crippen molar-refractivity contribution in [1.29, 1.82) is 0 Å². The smallest absolute Gasteiger partial charge is 0.255 e. The molecule has 1 saturated carbocycles. The van der Waals surface area contributed by atoms with Crippen molar-refractivity contribution in [3.05, 3.63) is 83.9 Å². The number of carbonyl (C=O) groups is 1. The third-order valence-electron chi connectivity index (χ3n) is 5.38. The van der Waals surface area contributed by atoms with Gasteiger partial charge in [0.2, 0.25) is 0 Å². The zero-order valence-electron chi connectivity index (χ0n) is 17.7. The van der Waals surface area contributed by atoms with E-state index in [-0.39, 0.29) is 12.0 Å². The van der Waals surface area contributed by atoms with Crippen LogP contribution >= 0.6 is 0 Å². The predicted molar refractivity (Wildman–Crippen MR) is 121 cm³/mol. The van der Waals surface area contributed by atoms with Crippen LogP contribution in [0.5, 0.6) is 17.2 Å². The lowest BCUT2D eigenvalue weighted by Gasteiger charge is -2.16. The van der Waals surface area contributed by atoms with Crippen LogP contribution in [0.4, 0.5) is 5.69 Å². The maximum absolute atomic E-state index is 12.7. The number of anilines is 1. The number of benzene rings is 3. The predicted octanol–water partition coefficient (Wildman–Crippen LogP) is 5.85. The molecule has 0 aliphatic heterocycles. The summed E-state index contributed by atoms with van der Waals surface area (Å²) in [5.74, 6) is 1.80. The third kappa shape index (κ3) is 5.57. The van der Waals surface area contributed by atoms with Crippen molar-refractivity contribution in [2.75, 3.05) is 12.4 Å². The van der Waals surface area contributed by atoms with E-state index in [4.69, 9.17) is 14.2 Å². The van der Waals surface area contributed by atoms with Gasteiger partial charge in [0, 0.05) is 11.3 Å². The average molecular weight is 418 g/mol. The van der Waals surface area contributed by atoms with Crippen LogP contribution in [-0.4, -0.2) is 19.1 Å². The Morgan fingerprint density at radius 3 is 2.39 bits per heavy atom. The summed E-state index contributed by atoms with van der Waals surface area (Å²) in [6.07, 6.45) is 4.76. The molecule has 5 nitrogen and oxygen atoms in total. The van der Waals surface area contributed by atoms with Gasteiger partial charge < -0.3 is 19.5 Å². The van der Waals surface area contributed by atoms with Gasteiger partial charge >= 0.3 is 0 Å². The van der Waals surface area contributed by atoms with Gasteiger partial charge in [0.05, 0.1) is 13.2 Å². The molecule has 0 heterocycles. The van der Waals surface area contributed by atoms with Crippen LogP contribution < -0.4 is 19.5 Å². The first-order valence-corrected chi connectivity index (χ1v) is 10.6. The zero-order chi connectivity index (χ0) is 21.5. The monoisotopic (exact) mass is 417 g/mol. The summed E-state index contributed by atoms with van der Waals surface area (Å²) in [5, 5.41) is 2.91. The Hall–Kier alpha value is -3.47. The highest BCUT2D eigenvalue weighted by Gasteiger charge is 2.19. The molecule has 0 radical (unpaired) electrons. The second-order valence-electron chi connectivity index (χ2n) is 7.64. The number of ether oxygens (including phenoxy) is 3. The topological polar surface area (TPSA) is 56.8 Å². The minimum atomic E-state index is -0.205. The van der Waals surface area contributed by atoms with Gasteiger partial charge in [-0.3, -0.25) is 4.79 Å². The highest BCUT2D eigenvalue weighted by atomic mass is 16.5. The van der Waals surface area contributed by atoms with Crippen molar-refractivity contribution >= 4 is 11.6 Å². The van der Waals surface area contributed by atoms with E-state index < -0.39 is 0 Å². The molecule has 1 aliphatic carbocycles. The molecule has 0 spiro atoms. The number of rotatable bonds is 8. The van der Waals surface area contributed by atoms with Crippen LogP contribution in [0.2, 0.25) is 0 Å². The Kier molecular flexibility index (Phi) is 6.72. The molecule has 0 bridgehead atoms. The first-order chi connectivity index (χ1) is 15.2. The number of hydrogen-bond donors (Lipinski definition) is 1. The second kappa shape index (κ2) is 10.0. The molecule has 1 N–H and O–H groups in total. The fourth-order valence-corrected chi connectivity index (χ4v) is 3.67. The van der Waals surface area contributed by atoms with Gasteiger partial charge in [-0.25, -0.2) is 0 Å². The lowest BCUT2D eigenvalue weighted by Crippen LogP contribution is -2.14. The molecule has 3 aromatic rings. The fourth-order valence-electron chi connectivity index (χ4n) is 3.67. The van der Waals surface area contributed by atoms with Crippen LogP contribution in [0.3, 0.4) is 0 Å². The van der Waals surface area contributed by atoms with Crippen LogP contribution in [0.1, 0.15) is 41.6 Å². The Bertz CT molecular complexity index is 996. The third-order valence-corrected chi connectivity index (χ3v) is 5.38. The van der Waals surface area contributed by atoms with E-state index in [2.05, 4.69) is 5.32 Å². The van der Waals surface area contributed by atoms with Crippen molar-refractivity contribution in [2.24, 2.45) is 0 Å². The number of methoxy groups -OCH3 is 1. The maximum Gasteiger partial charge on any atom is 0.255 e. The Morgan fingerprint density at radius 2 is 1.68 bits per heavy atom. The van der Waals surface area contributed by atoms with E-state index in [9.17, 15) is 4.79 Å². The van der Waals surface area contributed by atoms with Crippen LogP contribution in [0.25, 0.3) is 0 Å². The van der Waals surface area contributed by atoms with Gasteiger partial charge in [-0.05, 0) is 73.7 Å². The molecule has 1 amide bonds. The molecule has 4 rings (SSSR count). The van der Waals surface area contributed by atoms with Crippen molar-refractivity contribution in [3.63, 3.8) is 0 Å². The maximum atomic E-state index is 12.7. The number of amides is 1. The molecule has 1 fully saturated rings. The van der Waals surface area contributed by atoms with Gasteiger partial charge in [-0.1, -0.05) is 30.3 Å². The summed E-state index contributed by atoms with van der Waals surface area (Å²) in [7, 11) is 1.59. The molecule has 3 aromatic carbocycles. The highest BCUT2D eigenvalue weighted by Crippen LogP contribution is 2.32. The number of nitrogens with one attached hydrogen (secondary N) is 1. The largest absolute Gasteiger partial charge is 0.493 e. The number of hydrogen-bond acceptors (Lipinski definition) is 4. The highest BCUT2D eigenvalue weighted by molar-refractivity contribution is 6.04. The van der Waals surface area contributed by atoms with E-state index in [1.165, 1.54) is 12.8 Å². The summed E-state index contributed by atoms with van der Waals surface area (Å²) in [6.45, 7) is 0.502. The van der Waals surface area contributed by atoms with Crippen molar-refractivity contribution in [3.8, 4) is 17.2 Å². The summed E-state index contributed by atoms with van der Waals surface area (Å²) >= 11 is 0. The molecule has 5 heteroatoms. The Balaban J connectivity index is 1.36. The molecular weight excluding hydrogens is 390 g/mol. The van der Waals surface area contributed by atoms with E-state index >= 15 is 0 Å². The standard InChI is InChI=1S/C26H27NO4/c1-29-25-17-20(11-16-24(25)31-23-9-5-6-10-23)26(28)27-21-12-14-22(15-13-21)30-18-19-7-3-2-4-8-19/h2-4,7-8,11-17,23H,5-6,9-10,18H2,1H3,(H,27,28). The molecule has 0 atom stereocenters. The van der Waals surface area contributed by atoms with E-state index in [0.717, 1.165) is 24.2 Å². The normalized spacial score (nSPS) is 13.6. The number of carbonyl (C=O) groups excluding carboxylic acids is 1. The van der Waals surface area contributed by atoms with Gasteiger partial charge in [0.1, 0.15) is 12.4 Å². The lowest BCUT2D eigenvalue weighted by molar-refractivity contribution is 0.102. The molecule has 0 saturated heterocycles. The van der Waals surface area contributed by atoms with E-state index in [1.807, 2.05) is 60.7 Å². The van der Waals surface area contributed by atoms with Crippen molar-refractivity contribution < 1.29 is 19.0 Å². The Morgan fingerprint density at radius 1 is 0.935 bits per heavy atom. The lowest BCUT2D eigenvalue weighted by atomic mass is 10.1. The molecule has 0 aromatic heterocycles. The average Bonchev–Trinajstić information content (AvgIpc) is 3.32. The summed E-state index contributed by atoms with van der Waals surface area (Å²) in [6, 6.07) is 22.6. The van der Waals surface area contributed by atoms with Gasteiger partial charge in [0.25, 0.3) is 5.91 Å². The van der Waals surface area contributed by atoms with Crippen LogP contribution in [0, 0.1) is 0 Å². The summed E-state index contributed by atoms with van der Waals surface area (Å²) in [4.78, 5) is 12.7. The van der Waals surface area contributed by atoms with E-state index in [0.29, 0.717) is 29.4 Å². The Labute approximate surface area is 183 Å². The van der Waals surface area contributed by atoms with Crippen LogP contribution in [0.15, 0.2) is 72.8 Å². The SMILES string of the molecule is COc1cc(C(=O)Nc2ccc(OCc3ccccc3)cc2)ccc1OC1CCCC1. The summed E-state index contributed by atoms with van der Waals surface area (Å²) in [5.41, 5.74) is 2.32. The molecule has 0 unspecified atom stereocenters. The van der Waals surface area contributed by atoms with Gasteiger partial charge in [-0.2, -0.15) is 0 Å². The zero-order valence-corrected chi connectivity index (χ0v) is 17.7. The second-order valence-corrected chi connectivity index (χ2v) is 7.64. The van der Waals surface area contributed by atoms with Gasteiger partial charge in [-0.15, -0.1) is 0 Å². The van der Waals surface area contributed by atoms with Crippen molar-refractivity contribution in [2.45, 2.75) is 38.4 Å². The molecule has 31 heavy (non-hydrogen) atoms. The minimum Gasteiger partial charge on any atom is -0.493 e. The first kappa shape index (κ1) is 20.8.